The van der Waals surface area contributed by atoms with E-state index in [1.807, 2.05) is 36.4 Å². The van der Waals surface area contributed by atoms with Crippen LogP contribution in [0.5, 0.6) is 0 Å². The predicted molar refractivity (Wildman–Crippen MR) is 97.8 cm³/mol. The van der Waals surface area contributed by atoms with E-state index in [2.05, 4.69) is 33.0 Å². The van der Waals surface area contributed by atoms with E-state index in [1.54, 1.807) is 0 Å². The zero-order chi connectivity index (χ0) is 16.5. The summed E-state index contributed by atoms with van der Waals surface area (Å²) in [5.41, 5.74) is 4.72. The van der Waals surface area contributed by atoms with Gasteiger partial charge in [-0.25, -0.2) is 0 Å². The lowest BCUT2D eigenvalue weighted by molar-refractivity contribution is -0.150. The normalized spacial score (nSPS) is 16.8. The number of para-hydroxylation sites is 1. The van der Waals surface area contributed by atoms with Gasteiger partial charge < -0.3 is 9.72 Å². The molecule has 0 amide bonds. The van der Waals surface area contributed by atoms with Gasteiger partial charge in [0.1, 0.15) is 6.61 Å². The largest absolute Gasteiger partial charge is 0.461 e. The van der Waals surface area contributed by atoms with Crippen LogP contribution in [0.4, 0.5) is 0 Å². The molecule has 0 bridgehead atoms. The van der Waals surface area contributed by atoms with Gasteiger partial charge in [-0.1, -0.05) is 46.3 Å². The van der Waals surface area contributed by atoms with Crippen molar-refractivity contribution in [3.63, 3.8) is 0 Å². The molecule has 122 valence electrons. The van der Waals surface area contributed by atoms with E-state index in [1.165, 1.54) is 16.6 Å². The molecule has 1 unspecified atom stereocenters. The molecule has 0 aliphatic heterocycles. The van der Waals surface area contributed by atoms with Crippen LogP contribution in [0.25, 0.3) is 10.9 Å². The van der Waals surface area contributed by atoms with Crippen LogP contribution < -0.4 is 0 Å². The number of carbonyl (C=O) groups excluding carboxylic acids is 1. The molecule has 1 aliphatic carbocycles. The van der Waals surface area contributed by atoms with Crippen molar-refractivity contribution in [1.82, 2.24) is 4.98 Å². The number of H-pyrrole nitrogens is 1. The number of rotatable bonds is 3. The Morgan fingerprint density at radius 1 is 1.17 bits per heavy atom. The van der Waals surface area contributed by atoms with Crippen LogP contribution in [-0.4, -0.2) is 11.0 Å². The Morgan fingerprint density at radius 2 is 1.96 bits per heavy atom. The van der Waals surface area contributed by atoms with Crippen molar-refractivity contribution in [3.05, 3.63) is 69.8 Å². The Balaban J connectivity index is 1.45. The third-order valence-electron chi connectivity index (χ3n) is 4.72. The average Bonchev–Trinajstić information content (AvgIpc) is 2.99. The number of aromatic nitrogens is 1. The number of nitrogens with one attached hydrogen (secondary N) is 1. The molecule has 4 heteroatoms. The first-order valence-corrected chi connectivity index (χ1v) is 8.99. The van der Waals surface area contributed by atoms with Gasteiger partial charge >= 0.3 is 5.97 Å². The van der Waals surface area contributed by atoms with E-state index in [0.29, 0.717) is 6.61 Å². The molecule has 0 spiro atoms. The number of hydrogen-bond acceptors (Lipinski definition) is 2. The molecule has 1 heterocycles. The zero-order valence-corrected chi connectivity index (χ0v) is 14.8. The van der Waals surface area contributed by atoms with Gasteiger partial charge in [-0.15, -0.1) is 0 Å². The fraction of sp³-hybridized carbons (Fsp3) is 0.250. The predicted octanol–water partition coefficient (Wildman–Crippen LogP) is 4.78. The minimum atomic E-state index is -0.0890. The number of aromatic amines is 1. The Labute approximate surface area is 149 Å². The van der Waals surface area contributed by atoms with Gasteiger partial charge in [0.25, 0.3) is 0 Å². The van der Waals surface area contributed by atoms with E-state index in [-0.39, 0.29) is 11.9 Å². The first kappa shape index (κ1) is 15.5. The summed E-state index contributed by atoms with van der Waals surface area (Å²) in [6, 6.07) is 16.2. The van der Waals surface area contributed by atoms with Gasteiger partial charge in [-0.3, -0.25) is 4.79 Å². The van der Waals surface area contributed by atoms with E-state index in [0.717, 1.165) is 34.8 Å². The number of esters is 1. The smallest absolute Gasteiger partial charge is 0.309 e. The molecule has 0 saturated carbocycles. The minimum Gasteiger partial charge on any atom is -0.461 e. The number of ether oxygens (including phenoxy) is 1. The van der Waals surface area contributed by atoms with Crippen LogP contribution in [0, 0.1) is 5.92 Å². The van der Waals surface area contributed by atoms with E-state index < -0.39 is 0 Å². The monoisotopic (exact) mass is 383 g/mol. The molecular formula is C20H18BrNO2. The summed E-state index contributed by atoms with van der Waals surface area (Å²) >= 11 is 3.41. The number of fused-ring (bicyclic) bond motifs is 3. The second kappa shape index (κ2) is 6.44. The van der Waals surface area contributed by atoms with Crippen molar-refractivity contribution in [2.24, 2.45) is 5.92 Å². The van der Waals surface area contributed by atoms with Gasteiger partial charge in [0.2, 0.25) is 0 Å². The van der Waals surface area contributed by atoms with Crippen molar-refractivity contribution in [2.75, 3.05) is 0 Å². The third-order valence-corrected chi connectivity index (χ3v) is 5.25. The number of halogens is 1. The highest BCUT2D eigenvalue weighted by Gasteiger charge is 2.28. The summed E-state index contributed by atoms with van der Waals surface area (Å²) in [4.78, 5) is 15.9. The zero-order valence-electron chi connectivity index (χ0n) is 13.2. The van der Waals surface area contributed by atoms with Crippen molar-refractivity contribution >= 4 is 32.8 Å². The third kappa shape index (κ3) is 2.98. The van der Waals surface area contributed by atoms with Crippen molar-refractivity contribution in [3.8, 4) is 0 Å². The maximum Gasteiger partial charge on any atom is 0.309 e. The molecular weight excluding hydrogens is 366 g/mol. The van der Waals surface area contributed by atoms with E-state index in [4.69, 9.17) is 4.74 Å². The van der Waals surface area contributed by atoms with Crippen molar-refractivity contribution in [2.45, 2.75) is 25.9 Å². The maximum absolute atomic E-state index is 12.5. The second-order valence-corrected chi connectivity index (χ2v) is 7.22. The van der Waals surface area contributed by atoms with Crippen LogP contribution in [0.15, 0.2) is 53.0 Å². The first-order chi connectivity index (χ1) is 11.7. The van der Waals surface area contributed by atoms with Crippen LogP contribution >= 0.6 is 15.9 Å². The standard InChI is InChI=1S/C20H18BrNO2/c21-15-8-5-13(6-9-15)12-24-20(23)14-7-10-19-17(11-14)16-3-1-2-4-18(16)22-19/h1-6,8-9,14,22H,7,10-12H2. The molecule has 1 atom stereocenters. The second-order valence-electron chi connectivity index (χ2n) is 6.30. The molecule has 4 rings (SSSR count). The number of carbonyl (C=O) groups is 1. The minimum absolute atomic E-state index is 0.0489. The molecule has 1 aromatic heterocycles. The molecule has 2 aromatic carbocycles. The lowest BCUT2D eigenvalue weighted by Crippen LogP contribution is -2.24. The maximum atomic E-state index is 12.5. The molecule has 0 fully saturated rings. The number of hydrogen-bond donors (Lipinski definition) is 1. The Kier molecular flexibility index (Phi) is 4.15. The van der Waals surface area contributed by atoms with Gasteiger partial charge in [0.15, 0.2) is 0 Å². The van der Waals surface area contributed by atoms with Gasteiger partial charge in [0, 0.05) is 21.1 Å². The topological polar surface area (TPSA) is 42.1 Å². The van der Waals surface area contributed by atoms with Crippen LogP contribution in [-0.2, 0) is 29.0 Å². The molecule has 1 N–H and O–H groups in total. The Morgan fingerprint density at radius 3 is 2.79 bits per heavy atom. The van der Waals surface area contributed by atoms with Crippen molar-refractivity contribution in [1.29, 1.82) is 0 Å². The van der Waals surface area contributed by atoms with Gasteiger partial charge in [0.05, 0.1) is 5.92 Å². The quantitative estimate of drug-likeness (QED) is 0.661. The summed E-state index contributed by atoms with van der Waals surface area (Å²) in [5.74, 6) is -0.138. The molecule has 3 aromatic rings. The molecule has 3 nitrogen and oxygen atoms in total. The van der Waals surface area contributed by atoms with Crippen LogP contribution in [0.2, 0.25) is 0 Å². The summed E-state index contributed by atoms with van der Waals surface area (Å²) in [7, 11) is 0. The summed E-state index contributed by atoms with van der Waals surface area (Å²) in [5, 5.41) is 1.23. The number of aryl methyl sites for hydroxylation is 1. The van der Waals surface area contributed by atoms with E-state index in [9.17, 15) is 4.79 Å². The summed E-state index contributed by atoms with van der Waals surface area (Å²) in [6.07, 6.45) is 2.51. The molecule has 1 aliphatic rings. The summed E-state index contributed by atoms with van der Waals surface area (Å²) < 4.78 is 6.57. The highest BCUT2D eigenvalue weighted by atomic mass is 79.9. The fourth-order valence-corrected chi connectivity index (χ4v) is 3.69. The molecule has 0 saturated heterocycles. The highest BCUT2D eigenvalue weighted by Crippen LogP contribution is 2.32. The molecule has 24 heavy (non-hydrogen) atoms. The van der Waals surface area contributed by atoms with Crippen LogP contribution in [0.3, 0.4) is 0 Å². The lowest BCUT2D eigenvalue weighted by atomic mass is 9.86. The lowest BCUT2D eigenvalue weighted by Gasteiger charge is -2.21. The highest BCUT2D eigenvalue weighted by molar-refractivity contribution is 9.10. The Hall–Kier alpha value is -2.07. The molecule has 0 radical (unpaired) electrons. The summed E-state index contributed by atoms with van der Waals surface area (Å²) in [6.45, 7) is 0.337. The SMILES string of the molecule is O=C(OCc1ccc(Br)cc1)C1CCc2[nH]c3ccccc3c2C1. The Bertz CT molecular complexity index is 882. The number of benzene rings is 2. The fourth-order valence-electron chi connectivity index (χ4n) is 3.42. The van der Waals surface area contributed by atoms with E-state index >= 15 is 0 Å². The average molecular weight is 384 g/mol. The first-order valence-electron chi connectivity index (χ1n) is 8.20. The van der Waals surface area contributed by atoms with Gasteiger partial charge in [-0.2, -0.15) is 0 Å². The van der Waals surface area contributed by atoms with Crippen molar-refractivity contribution < 1.29 is 9.53 Å². The van der Waals surface area contributed by atoms with Crippen LogP contribution in [0.1, 0.15) is 23.2 Å². The van der Waals surface area contributed by atoms with Gasteiger partial charge in [-0.05, 0) is 48.6 Å².